The molecule has 0 spiro atoms. The van der Waals surface area contributed by atoms with Crippen LogP contribution in [-0.2, 0) is 19.5 Å². The first-order valence-electron chi connectivity index (χ1n) is 6.45. The summed E-state index contributed by atoms with van der Waals surface area (Å²) in [5, 5.41) is 3.45. The van der Waals surface area contributed by atoms with Crippen LogP contribution in [0.5, 0.6) is 0 Å². The van der Waals surface area contributed by atoms with E-state index in [4.69, 9.17) is 0 Å². The fourth-order valence-electron chi connectivity index (χ4n) is 2.73. The summed E-state index contributed by atoms with van der Waals surface area (Å²) in [6.45, 7) is 6.06. The quantitative estimate of drug-likeness (QED) is 0.848. The molecular formula is C13H20N2S. The van der Waals surface area contributed by atoms with E-state index >= 15 is 0 Å². The third kappa shape index (κ3) is 2.31. The maximum atomic E-state index is 3.45. The average molecular weight is 236 g/mol. The lowest BCUT2D eigenvalue weighted by Crippen LogP contribution is -2.28. The molecule has 3 heteroatoms. The van der Waals surface area contributed by atoms with Gasteiger partial charge in [0, 0.05) is 29.4 Å². The van der Waals surface area contributed by atoms with Crippen LogP contribution in [0.25, 0.3) is 0 Å². The molecule has 1 saturated heterocycles. The first-order valence-corrected chi connectivity index (χ1v) is 7.27. The molecule has 0 radical (unpaired) electrons. The summed E-state index contributed by atoms with van der Waals surface area (Å²) in [6, 6.07) is 2.43. The van der Waals surface area contributed by atoms with Gasteiger partial charge >= 0.3 is 0 Å². The van der Waals surface area contributed by atoms with Crippen LogP contribution in [0.2, 0.25) is 0 Å². The number of fused-ring (bicyclic) bond motifs is 1. The molecule has 0 unspecified atom stereocenters. The van der Waals surface area contributed by atoms with Crippen LogP contribution in [0, 0.1) is 0 Å². The highest BCUT2D eigenvalue weighted by Gasteiger charge is 2.15. The Balaban J connectivity index is 1.67. The molecule has 88 valence electrons. The van der Waals surface area contributed by atoms with Crippen molar-refractivity contribution in [2.45, 2.75) is 38.8 Å². The molecule has 0 saturated carbocycles. The number of hydrogen-bond acceptors (Lipinski definition) is 3. The van der Waals surface area contributed by atoms with Crippen molar-refractivity contribution in [3.05, 3.63) is 21.4 Å². The minimum atomic E-state index is 1.09. The molecule has 0 amide bonds. The average Bonchev–Trinajstić information content (AvgIpc) is 2.72. The fraction of sp³-hybridized carbons (Fsp3) is 0.692. The normalized spacial score (nSPS) is 22.0. The number of likely N-dealkylation sites (tertiary alicyclic amines) is 1. The van der Waals surface area contributed by atoms with Crippen molar-refractivity contribution in [3.63, 3.8) is 0 Å². The van der Waals surface area contributed by atoms with Gasteiger partial charge in [0.2, 0.25) is 0 Å². The van der Waals surface area contributed by atoms with E-state index < -0.39 is 0 Å². The van der Waals surface area contributed by atoms with Crippen LogP contribution in [0.4, 0.5) is 0 Å². The highest BCUT2D eigenvalue weighted by Crippen LogP contribution is 2.26. The molecule has 0 bridgehead atoms. The van der Waals surface area contributed by atoms with Crippen molar-refractivity contribution < 1.29 is 0 Å². The second kappa shape index (κ2) is 4.86. The van der Waals surface area contributed by atoms with E-state index in [9.17, 15) is 0 Å². The monoisotopic (exact) mass is 236 g/mol. The Morgan fingerprint density at radius 3 is 2.94 bits per heavy atom. The Hall–Kier alpha value is -0.380. The first kappa shape index (κ1) is 10.8. The minimum Gasteiger partial charge on any atom is -0.312 e. The third-order valence-electron chi connectivity index (χ3n) is 3.62. The zero-order chi connectivity index (χ0) is 10.8. The van der Waals surface area contributed by atoms with Crippen molar-refractivity contribution in [2.75, 3.05) is 19.6 Å². The predicted octanol–water partition coefficient (Wildman–Crippen LogP) is 2.38. The van der Waals surface area contributed by atoms with E-state index in [0.717, 1.165) is 13.1 Å². The third-order valence-corrected chi connectivity index (χ3v) is 4.84. The van der Waals surface area contributed by atoms with Crippen LogP contribution in [0.3, 0.4) is 0 Å². The number of thiophene rings is 1. The topological polar surface area (TPSA) is 15.3 Å². The molecule has 3 heterocycles. The standard InChI is InChI=1S/C13H20N2S/c1-2-6-15(7-3-1)10-12-8-11-9-14-5-4-13(11)16-12/h8,14H,1-7,9-10H2. The van der Waals surface area contributed by atoms with Crippen LogP contribution < -0.4 is 5.32 Å². The molecule has 2 aliphatic heterocycles. The number of nitrogens with zero attached hydrogens (tertiary/aromatic N) is 1. The van der Waals surface area contributed by atoms with Crippen molar-refractivity contribution in [3.8, 4) is 0 Å². The maximum absolute atomic E-state index is 3.45. The Morgan fingerprint density at radius 1 is 1.25 bits per heavy atom. The van der Waals surface area contributed by atoms with Gasteiger partial charge < -0.3 is 5.32 Å². The molecule has 0 aliphatic carbocycles. The zero-order valence-corrected chi connectivity index (χ0v) is 10.6. The second-order valence-electron chi connectivity index (χ2n) is 4.92. The number of rotatable bonds is 2. The molecule has 1 aromatic rings. The highest BCUT2D eigenvalue weighted by atomic mass is 32.1. The zero-order valence-electron chi connectivity index (χ0n) is 9.80. The van der Waals surface area contributed by atoms with Crippen molar-refractivity contribution in [2.24, 2.45) is 0 Å². The van der Waals surface area contributed by atoms with Gasteiger partial charge in [-0.2, -0.15) is 0 Å². The van der Waals surface area contributed by atoms with E-state index in [1.54, 1.807) is 15.3 Å². The number of nitrogens with one attached hydrogen (secondary N) is 1. The van der Waals surface area contributed by atoms with Gasteiger partial charge in [-0.25, -0.2) is 0 Å². The number of hydrogen-bond donors (Lipinski definition) is 1. The fourth-order valence-corrected chi connectivity index (χ4v) is 3.96. The van der Waals surface area contributed by atoms with Gasteiger partial charge in [-0.15, -0.1) is 11.3 Å². The van der Waals surface area contributed by atoms with Gasteiger partial charge in [0.15, 0.2) is 0 Å². The maximum Gasteiger partial charge on any atom is 0.0328 e. The van der Waals surface area contributed by atoms with E-state index in [-0.39, 0.29) is 0 Å². The Kier molecular flexibility index (Phi) is 3.27. The van der Waals surface area contributed by atoms with Crippen molar-refractivity contribution in [1.82, 2.24) is 10.2 Å². The largest absolute Gasteiger partial charge is 0.312 e. The molecule has 1 aromatic heterocycles. The molecule has 0 aromatic carbocycles. The smallest absolute Gasteiger partial charge is 0.0328 e. The van der Waals surface area contributed by atoms with Crippen LogP contribution >= 0.6 is 11.3 Å². The van der Waals surface area contributed by atoms with Crippen molar-refractivity contribution in [1.29, 1.82) is 0 Å². The van der Waals surface area contributed by atoms with Crippen LogP contribution in [-0.4, -0.2) is 24.5 Å². The Morgan fingerprint density at radius 2 is 2.12 bits per heavy atom. The van der Waals surface area contributed by atoms with Gasteiger partial charge in [-0.1, -0.05) is 6.42 Å². The van der Waals surface area contributed by atoms with Crippen LogP contribution in [0.1, 0.15) is 34.6 Å². The molecule has 2 aliphatic rings. The summed E-state index contributed by atoms with van der Waals surface area (Å²) in [5.41, 5.74) is 1.56. The molecular weight excluding hydrogens is 216 g/mol. The summed E-state index contributed by atoms with van der Waals surface area (Å²) < 4.78 is 0. The van der Waals surface area contributed by atoms with E-state index in [1.807, 2.05) is 11.3 Å². The van der Waals surface area contributed by atoms with E-state index in [2.05, 4.69) is 16.3 Å². The van der Waals surface area contributed by atoms with Gasteiger partial charge in [-0.3, -0.25) is 4.90 Å². The lowest BCUT2D eigenvalue weighted by Gasteiger charge is -2.25. The molecule has 16 heavy (non-hydrogen) atoms. The minimum absolute atomic E-state index is 1.09. The lowest BCUT2D eigenvalue weighted by molar-refractivity contribution is 0.222. The summed E-state index contributed by atoms with van der Waals surface area (Å²) in [4.78, 5) is 5.83. The Labute approximate surface area is 102 Å². The summed E-state index contributed by atoms with van der Waals surface area (Å²) in [7, 11) is 0. The highest BCUT2D eigenvalue weighted by molar-refractivity contribution is 7.12. The van der Waals surface area contributed by atoms with E-state index in [0.29, 0.717) is 0 Å². The molecule has 0 atom stereocenters. The molecule has 1 N–H and O–H groups in total. The molecule has 1 fully saturated rings. The summed E-state index contributed by atoms with van der Waals surface area (Å²) >= 11 is 2.05. The van der Waals surface area contributed by atoms with E-state index in [1.165, 1.54) is 45.3 Å². The lowest BCUT2D eigenvalue weighted by atomic mass is 10.1. The first-order chi connectivity index (χ1) is 7.92. The summed E-state index contributed by atoms with van der Waals surface area (Å²) in [6.07, 6.45) is 5.46. The molecule has 3 rings (SSSR count). The number of piperidine rings is 1. The Bertz CT molecular complexity index is 329. The van der Waals surface area contributed by atoms with Gasteiger partial charge in [0.05, 0.1) is 0 Å². The van der Waals surface area contributed by atoms with Crippen molar-refractivity contribution >= 4 is 11.3 Å². The SMILES string of the molecule is c1c(CN2CCCCC2)sc2c1CNCC2. The predicted molar refractivity (Wildman–Crippen MR) is 68.9 cm³/mol. The van der Waals surface area contributed by atoms with Gasteiger partial charge in [-0.05, 0) is 44.0 Å². The summed E-state index contributed by atoms with van der Waals surface area (Å²) in [5.74, 6) is 0. The second-order valence-corrected chi connectivity index (χ2v) is 6.15. The van der Waals surface area contributed by atoms with Gasteiger partial charge in [0.1, 0.15) is 0 Å². The van der Waals surface area contributed by atoms with Gasteiger partial charge in [0.25, 0.3) is 0 Å². The molecule has 2 nitrogen and oxygen atoms in total. The van der Waals surface area contributed by atoms with Crippen LogP contribution in [0.15, 0.2) is 6.07 Å².